The van der Waals surface area contributed by atoms with Crippen LogP contribution in [0.15, 0.2) is 10.7 Å². The summed E-state index contributed by atoms with van der Waals surface area (Å²) in [4.78, 5) is 0. The molecule has 0 aliphatic heterocycles. The van der Waals surface area contributed by atoms with Gasteiger partial charge in [0.25, 0.3) is 0 Å². The van der Waals surface area contributed by atoms with Gasteiger partial charge in [0.05, 0.1) is 5.69 Å². The van der Waals surface area contributed by atoms with E-state index in [2.05, 4.69) is 37.0 Å². The lowest BCUT2D eigenvalue weighted by molar-refractivity contribution is 0.587. The predicted molar refractivity (Wildman–Crippen MR) is 50.8 cm³/mol. The van der Waals surface area contributed by atoms with E-state index < -0.39 is 0 Å². The van der Waals surface area contributed by atoms with Crippen molar-refractivity contribution in [3.05, 3.63) is 16.4 Å². The summed E-state index contributed by atoms with van der Waals surface area (Å²) in [6.07, 6.45) is 2.35. The highest BCUT2D eigenvalue weighted by Crippen LogP contribution is 2.50. The molecule has 0 N–H and O–H groups in total. The maximum Gasteiger partial charge on any atom is 0.119 e. The number of nitrogens with zero attached hydrogens (tertiary/aromatic N) is 2. The van der Waals surface area contributed by atoms with Crippen molar-refractivity contribution in [2.75, 3.05) is 0 Å². The quantitative estimate of drug-likeness (QED) is 0.723. The first-order valence-electron chi connectivity index (χ1n) is 3.53. The highest BCUT2D eigenvalue weighted by atomic mass is 79.9. The van der Waals surface area contributed by atoms with Gasteiger partial charge in [0, 0.05) is 0 Å². The average molecular weight is 280 g/mol. The first kappa shape index (κ1) is 7.80. The fourth-order valence-electron chi connectivity index (χ4n) is 1.06. The fourth-order valence-corrected chi connectivity index (χ4v) is 2.52. The summed E-state index contributed by atoms with van der Waals surface area (Å²) < 4.78 is 3.19. The number of aromatic nitrogens is 2. The summed E-state index contributed by atoms with van der Waals surface area (Å²) in [6.45, 7) is 2.00. The first-order valence-corrected chi connectivity index (χ1v) is 5.12. The van der Waals surface area contributed by atoms with Crippen LogP contribution >= 0.6 is 31.9 Å². The predicted octanol–water partition coefficient (Wildman–Crippen LogP) is 2.80. The second kappa shape index (κ2) is 2.33. The molecule has 0 bridgehead atoms. The molecule has 11 heavy (non-hydrogen) atoms. The van der Waals surface area contributed by atoms with Crippen molar-refractivity contribution in [2.24, 2.45) is 0 Å². The fraction of sp³-hybridized carbons (Fsp3) is 0.571. The normalized spacial score (nSPS) is 20.3. The van der Waals surface area contributed by atoms with Crippen LogP contribution in [0.5, 0.6) is 0 Å². The summed E-state index contributed by atoms with van der Waals surface area (Å²) in [7, 11) is 0. The molecular formula is C7H8Br2N2. The Kier molecular flexibility index (Phi) is 1.65. The van der Waals surface area contributed by atoms with Crippen LogP contribution < -0.4 is 0 Å². The van der Waals surface area contributed by atoms with E-state index in [1.165, 1.54) is 12.8 Å². The van der Waals surface area contributed by atoms with Gasteiger partial charge >= 0.3 is 0 Å². The molecule has 4 heteroatoms. The van der Waals surface area contributed by atoms with E-state index in [0.717, 1.165) is 10.3 Å². The van der Waals surface area contributed by atoms with E-state index in [9.17, 15) is 0 Å². The van der Waals surface area contributed by atoms with E-state index in [4.69, 9.17) is 0 Å². The maximum absolute atomic E-state index is 4.37. The first-order chi connectivity index (χ1) is 5.12. The number of hydrogen-bond acceptors (Lipinski definition) is 1. The molecule has 0 saturated heterocycles. The van der Waals surface area contributed by atoms with Crippen molar-refractivity contribution in [1.29, 1.82) is 0 Å². The topological polar surface area (TPSA) is 17.8 Å². The van der Waals surface area contributed by atoms with Crippen LogP contribution in [0, 0.1) is 6.92 Å². The summed E-state index contributed by atoms with van der Waals surface area (Å²) in [5.74, 6) is 0. The lowest BCUT2D eigenvalue weighted by Gasteiger charge is -2.07. The van der Waals surface area contributed by atoms with Crippen molar-refractivity contribution in [3.8, 4) is 0 Å². The Morgan fingerprint density at radius 1 is 1.64 bits per heavy atom. The number of halogens is 2. The molecule has 1 aromatic heterocycles. The molecule has 0 unspecified atom stereocenters. The molecule has 0 atom stereocenters. The van der Waals surface area contributed by atoms with E-state index in [1.807, 2.05) is 17.7 Å². The van der Waals surface area contributed by atoms with Crippen molar-refractivity contribution >= 4 is 31.9 Å². The third kappa shape index (κ3) is 1.26. The molecule has 1 fully saturated rings. The monoisotopic (exact) mass is 278 g/mol. The molecule has 1 aliphatic rings. The minimum atomic E-state index is 0.125. The number of aryl methyl sites for hydroxylation is 1. The molecule has 0 aromatic carbocycles. The number of alkyl halides is 1. The second-order valence-corrected chi connectivity index (χ2v) is 5.23. The molecule has 2 nitrogen and oxygen atoms in total. The minimum absolute atomic E-state index is 0.125. The summed E-state index contributed by atoms with van der Waals surface area (Å²) in [6, 6.07) is 2.03. The van der Waals surface area contributed by atoms with Crippen LogP contribution in [-0.4, -0.2) is 9.78 Å². The van der Waals surface area contributed by atoms with E-state index in [0.29, 0.717) is 0 Å². The molecule has 1 aliphatic carbocycles. The van der Waals surface area contributed by atoms with Gasteiger partial charge in [-0.2, -0.15) is 5.10 Å². The molecule has 0 radical (unpaired) electrons. The van der Waals surface area contributed by atoms with Gasteiger partial charge in [-0.15, -0.1) is 0 Å². The number of hydrogen-bond donors (Lipinski definition) is 0. The van der Waals surface area contributed by atoms with Crippen LogP contribution in [0.4, 0.5) is 0 Å². The summed E-state index contributed by atoms with van der Waals surface area (Å²) in [5, 5.41) is 4.37. The van der Waals surface area contributed by atoms with Crippen LogP contribution in [-0.2, 0) is 4.45 Å². The van der Waals surface area contributed by atoms with Crippen molar-refractivity contribution in [3.63, 3.8) is 0 Å². The van der Waals surface area contributed by atoms with Gasteiger partial charge in [0.2, 0.25) is 0 Å². The Bertz CT molecular complexity index is 289. The number of rotatable bonds is 1. The van der Waals surface area contributed by atoms with Crippen LogP contribution in [0.3, 0.4) is 0 Å². The third-order valence-electron chi connectivity index (χ3n) is 1.83. The zero-order valence-corrected chi connectivity index (χ0v) is 9.31. The van der Waals surface area contributed by atoms with Crippen LogP contribution in [0.2, 0.25) is 0 Å². The summed E-state index contributed by atoms with van der Waals surface area (Å²) in [5.41, 5.74) is 1.06. The average Bonchev–Trinajstić information content (AvgIpc) is 2.55. The molecule has 1 aromatic rings. The van der Waals surface area contributed by atoms with E-state index >= 15 is 0 Å². The Hall–Kier alpha value is 0.170. The van der Waals surface area contributed by atoms with Gasteiger partial charge in [0.1, 0.15) is 9.05 Å². The zero-order valence-electron chi connectivity index (χ0n) is 6.14. The maximum atomic E-state index is 4.37. The molecule has 1 heterocycles. The zero-order chi connectivity index (χ0) is 8.06. The molecule has 0 amide bonds. The lowest BCUT2D eigenvalue weighted by atomic mass is 10.5. The van der Waals surface area contributed by atoms with E-state index in [1.54, 1.807) is 0 Å². The molecular weight excluding hydrogens is 272 g/mol. The van der Waals surface area contributed by atoms with Crippen molar-refractivity contribution < 1.29 is 0 Å². The summed E-state index contributed by atoms with van der Waals surface area (Å²) >= 11 is 7.10. The molecule has 60 valence electrons. The Morgan fingerprint density at radius 2 is 2.27 bits per heavy atom. The molecule has 0 spiro atoms. The highest BCUT2D eigenvalue weighted by molar-refractivity contribution is 9.10. The van der Waals surface area contributed by atoms with Gasteiger partial charge in [0.15, 0.2) is 0 Å². The van der Waals surface area contributed by atoms with Crippen molar-refractivity contribution in [2.45, 2.75) is 24.2 Å². The second-order valence-electron chi connectivity index (χ2n) is 2.94. The Balaban J connectivity index is 2.44. The third-order valence-corrected chi connectivity index (χ3v) is 3.52. The van der Waals surface area contributed by atoms with Crippen LogP contribution in [0.1, 0.15) is 18.5 Å². The van der Waals surface area contributed by atoms with Gasteiger partial charge in [-0.3, -0.25) is 0 Å². The Morgan fingerprint density at radius 3 is 2.64 bits per heavy atom. The Labute approximate surface area is 82.2 Å². The minimum Gasteiger partial charge on any atom is -0.241 e. The molecule has 2 rings (SSSR count). The lowest BCUT2D eigenvalue weighted by Crippen LogP contribution is -2.10. The van der Waals surface area contributed by atoms with Crippen LogP contribution in [0.25, 0.3) is 0 Å². The standard InChI is InChI=1S/C7H8Br2N2/c1-5-4-6(8)11(10-5)7(9)2-3-7/h4H,2-3H2,1H3. The van der Waals surface area contributed by atoms with Gasteiger partial charge in [-0.1, -0.05) is 15.9 Å². The van der Waals surface area contributed by atoms with E-state index in [-0.39, 0.29) is 4.45 Å². The highest BCUT2D eigenvalue weighted by Gasteiger charge is 2.43. The van der Waals surface area contributed by atoms with Crippen molar-refractivity contribution in [1.82, 2.24) is 9.78 Å². The molecule has 1 saturated carbocycles. The largest absolute Gasteiger partial charge is 0.241 e. The van der Waals surface area contributed by atoms with Gasteiger partial charge in [-0.25, -0.2) is 4.68 Å². The smallest absolute Gasteiger partial charge is 0.119 e. The van der Waals surface area contributed by atoms with Gasteiger partial charge < -0.3 is 0 Å². The SMILES string of the molecule is Cc1cc(Br)n(C2(Br)CC2)n1. The van der Waals surface area contributed by atoms with Gasteiger partial charge in [-0.05, 0) is 41.8 Å².